The average Bonchev–Trinajstić information content (AvgIpc) is 2.82. The molecule has 0 radical (unpaired) electrons. The molecule has 5 rings (SSSR count). The number of rotatable bonds is 6. The van der Waals surface area contributed by atoms with E-state index >= 15 is 0 Å². The van der Waals surface area contributed by atoms with Gasteiger partial charge in [-0.15, -0.1) is 20.4 Å². The molecule has 1 aliphatic heterocycles. The van der Waals surface area contributed by atoms with Crippen LogP contribution in [0.2, 0.25) is 0 Å². The summed E-state index contributed by atoms with van der Waals surface area (Å²) >= 11 is 5.47. The van der Waals surface area contributed by atoms with Crippen LogP contribution < -0.4 is 24.8 Å². The smallest absolute Gasteiger partial charge is 0.484 e. The molecule has 140 valence electrons. The van der Waals surface area contributed by atoms with Crippen molar-refractivity contribution >= 4 is 23.4 Å². The van der Waals surface area contributed by atoms with Crippen molar-refractivity contribution in [3.8, 4) is 17.2 Å². The molecule has 0 unspecified atom stereocenters. The van der Waals surface area contributed by atoms with Crippen LogP contribution in [0.25, 0.3) is 0 Å². The molecule has 1 aromatic carbocycles. The maximum Gasteiger partial charge on any atom is 0.586 e. The first-order valence-corrected chi connectivity index (χ1v) is 8.46. The molecule has 7 nitrogen and oxygen atoms in total. The Bertz CT molecular complexity index is 768. The minimum atomic E-state index is -3.70. The third kappa shape index (κ3) is 3.00. The first-order chi connectivity index (χ1) is 12.2. The summed E-state index contributed by atoms with van der Waals surface area (Å²) in [6.07, 6.45) is -1.72. The monoisotopic (exact) mass is 388 g/mol. The maximum absolute atomic E-state index is 13.0. The maximum atomic E-state index is 13.0. The number of carbonyl (C=O) groups excluding carboxylic acids is 2. The van der Waals surface area contributed by atoms with Gasteiger partial charge in [0.1, 0.15) is 11.6 Å². The van der Waals surface area contributed by atoms with Crippen molar-refractivity contribution in [3.63, 3.8) is 0 Å². The highest BCUT2D eigenvalue weighted by atomic mass is 35.5. The van der Waals surface area contributed by atoms with E-state index in [9.17, 15) is 18.4 Å². The molecule has 3 aliphatic carbocycles. The number of hydrogen-bond acceptors (Lipinski definition) is 5. The van der Waals surface area contributed by atoms with Crippen molar-refractivity contribution in [1.82, 2.24) is 10.6 Å². The molecule has 4 aliphatic rings. The van der Waals surface area contributed by atoms with Crippen LogP contribution in [0.15, 0.2) is 18.2 Å². The number of halogens is 3. The summed E-state index contributed by atoms with van der Waals surface area (Å²) in [5, 5.41) is 5.74. The zero-order valence-electron chi connectivity index (χ0n) is 13.4. The molecule has 3 fully saturated rings. The summed E-state index contributed by atoms with van der Waals surface area (Å²) in [5.41, 5.74) is -0.556. The number of fused-ring (bicyclic) bond motifs is 1. The predicted molar refractivity (Wildman–Crippen MR) is 84.5 cm³/mol. The van der Waals surface area contributed by atoms with Crippen LogP contribution >= 0.6 is 11.6 Å². The molecule has 0 aromatic heterocycles. The zero-order valence-corrected chi connectivity index (χ0v) is 14.2. The van der Waals surface area contributed by atoms with E-state index in [0.717, 1.165) is 0 Å². The van der Waals surface area contributed by atoms with Crippen LogP contribution in [0.1, 0.15) is 19.3 Å². The van der Waals surface area contributed by atoms with Crippen LogP contribution in [0, 0.1) is 0 Å². The van der Waals surface area contributed by atoms with E-state index in [-0.39, 0.29) is 52.6 Å². The van der Waals surface area contributed by atoms with Crippen LogP contribution in [0.3, 0.4) is 0 Å². The van der Waals surface area contributed by atoms with E-state index in [1.54, 1.807) is 0 Å². The van der Waals surface area contributed by atoms with Gasteiger partial charge < -0.3 is 24.8 Å². The quantitative estimate of drug-likeness (QED) is 0.722. The van der Waals surface area contributed by atoms with Gasteiger partial charge in [-0.1, -0.05) is 0 Å². The molecular formula is C16H15ClF2N2O5. The second-order valence-corrected chi connectivity index (χ2v) is 7.15. The number of benzene rings is 1. The first-order valence-electron chi connectivity index (χ1n) is 7.93. The van der Waals surface area contributed by atoms with Crippen LogP contribution in [0.5, 0.6) is 17.2 Å². The van der Waals surface area contributed by atoms with Crippen molar-refractivity contribution in [2.45, 2.75) is 36.6 Å². The van der Waals surface area contributed by atoms with Crippen molar-refractivity contribution in [2.75, 3.05) is 12.5 Å². The molecule has 2 N–H and O–H groups in total. The molecule has 0 atom stereocenters. The SMILES string of the molecule is O=C(CCl)NC12CC(NC(=O)COc3ccc4c(c3)OC(F)(F)O4)(C1)C2. The average molecular weight is 389 g/mol. The lowest BCUT2D eigenvalue weighted by Crippen LogP contribution is -2.84. The first kappa shape index (κ1) is 17.1. The highest BCUT2D eigenvalue weighted by Gasteiger charge is 2.69. The molecule has 26 heavy (non-hydrogen) atoms. The van der Waals surface area contributed by atoms with Gasteiger partial charge in [0.15, 0.2) is 18.1 Å². The Labute approximate surface area is 151 Å². The Morgan fingerprint density at radius 2 is 1.69 bits per heavy atom. The molecule has 0 saturated heterocycles. The summed E-state index contributed by atoms with van der Waals surface area (Å²) in [4.78, 5) is 23.4. The number of carbonyl (C=O) groups is 2. The molecule has 2 amide bonds. The number of hydrogen-bond donors (Lipinski definition) is 2. The predicted octanol–water partition coefficient (Wildman–Crippen LogP) is 1.53. The highest BCUT2D eigenvalue weighted by Crippen LogP contribution is 2.60. The number of alkyl halides is 3. The van der Waals surface area contributed by atoms with Crippen LogP contribution in [0.4, 0.5) is 8.78 Å². The largest absolute Gasteiger partial charge is 0.586 e. The molecule has 3 saturated carbocycles. The normalized spacial score (nSPS) is 29.2. The van der Waals surface area contributed by atoms with Gasteiger partial charge in [-0.3, -0.25) is 9.59 Å². The van der Waals surface area contributed by atoms with Crippen molar-refractivity contribution in [2.24, 2.45) is 0 Å². The van der Waals surface area contributed by atoms with Gasteiger partial charge in [0, 0.05) is 17.1 Å². The fraction of sp³-hybridized carbons (Fsp3) is 0.500. The number of amides is 2. The van der Waals surface area contributed by atoms with Crippen molar-refractivity contribution in [1.29, 1.82) is 0 Å². The Hall–Kier alpha value is -2.29. The standard InChI is InChI=1S/C16H15ClF2N2O5/c17-4-12(22)20-14-6-15(7-14,8-14)21-13(23)5-24-9-1-2-10-11(3-9)26-16(18,19)25-10/h1-3H,4-8H2,(H,20,22)(H,21,23). The highest BCUT2D eigenvalue weighted by molar-refractivity contribution is 6.27. The van der Waals surface area contributed by atoms with Gasteiger partial charge in [-0.25, -0.2) is 0 Å². The minimum Gasteiger partial charge on any atom is -0.484 e. The Morgan fingerprint density at radius 1 is 1.08 bits per heavy atom. The third-order valence-electron chi connectivity index (χ3n) is 4.70. The van der Waals surface area contributed by atoms with Crippen molar-refractivity contribution < 1.29 is 32.6 Å². The molecule has 1 heterocycles. The second kappa shape index (κ2) is 5.60. The number of nitrogens with one attached hydrogen (secondary N) is 2. The van der Waals surface area contributed by atoms with Gasteiger partial charge in [-0.05, 0) is 31.4 Å². The Balaban J connectivity index is 1.25. The van der Waals surface area contributed by atoms with E-state index in [2.05, 4.69) is 20.1 Å². The van der Waals surface area contributed by atoms with Gasteiger partial charge in [0.05, 0.1) is 0 Å². The van der Waals surface area contributed by atoms with E-state index in [1.165, 1.54) is 18.2 Å². The second-order valence-electron chi connectivity index (χ2n) is 6.89. The lowest BCUT2D eigenvalue weighted by molar-refractivity contribution is -0.286. The molecule has 0 spiro atoms. The molecule has 1 aromatic rings. The van der Waals surface area contributed by atoms with Crippen LogP contribution in [-0.4, -0.2) is 41.7 Å². The fourth-order valence-electron chi connectivity index (χ4n) is 3.88. The van der Waals surface area contributed by atoms with Gasteiger partial charge in [0.25, 0.3) is 5.91 Å². The summed E-state index contributed by atoms with van der Waals surface area (Å²) < 4.78 is 39.9. The van der Waals surface area contributed by atoms with Crippen LogP contribution in [-0.2, 0) is 9.59 Å². The number of ether oxygens (including phenoxy) is 3. The van der Waals surface area contributed by atoms with Gasteiger partial charge in [-0.2, -0.15) is 0 Å². The molecular weight excluding hydrogens is 374 g/mol. The summed E-state index contributed by atoms with van der Waals surface area (Å²) in [6, 6.07) is 3.93. The summed E-state index contributed by atoms with van der Waals surface area (Å²) in [6.45, 7) is -0.265. The Kier molecular flexibility index (Phi) is 3.69. The topological polar surface area (TPSA) is 85.9 Å². The zero-order chi connectivity index (χ0) is 18.6. The lowest BCUT2D eigenvalue weighted by atomic mass is 9.44. The van der Waals surface area contributed by atoms with E-state index in [1.807, 2.05) is 0 Å². The minimum absolute atomic E-state index is 0.0869. The van der Waals surface area contributed by atoms with E-state index in [0.29, 0.717) is 19.3 Å². The summed E-state index contributed by atoms with van der Waals surface area (Å²) in [5.74, 6) is -0.665. The van der Waals surface area contributed by atoms with Crippen molar-refractivity contribution in [3.05, 3.63) is 18.2 Å². The Morgan fingerprint density at radius 3 is 2.35 bits per heavy atom. The fourth-order valence-corrected chi connectivity index (χ4v) is 3.95. The van der Waals surface area contributed by atoms with E-state index in [4.69, 9.17) is 16.3 Å². The summed E-state index contributed by atoms with van der Waals surface area (Å²) in [7, 11) is 0. The molecule has 10 heteroatoms. The van der Waals surface area contributed by atoms with Gasteiger partial charge >= 0.3 is 6.29 Å². The van der Waals surface area contributed by atoms with Gasteiger partial charge in [0.2, 0.25) is 5.91 Å². The third-order valence-corrected chi connectivity index (χ3v) is 4.95. The molecule has 2 bridgehead atoms. The lowest BCUT2D eigenvalue weighted by Gasteiger charge is -2.70. The van der Waals surface area contributed by atoms with E-state index < -0.39 is 6.29 Å².